The normalized spacial score (nSPS) is 32.2. The molecule has 2 aliphatic rings. The average molecular weight is 297 g/mol. The number of hydrogen-bond donors (Lipinski definition) is 2. The zero-order chi connectivity index (χ0) is 15.2. The van der Waals surface area contributed by atoms with Gasteiger partial charge in [0, 0.05) is 38.7 Å². The number of nitrogens with one attached hydrogen (secondary N) is 1. The van der Waals surface area contributed by atoms with Crippen molar-refractivity contribution in [1.29, 1.82) is 0 Å². The van der Waals surface area contributed by atoms with Crippen LogP contribution in [0, 0.1) is 17.8 Å². The molecule has 1 amide bonds. The van der Waals surface area contributed by atoms with Gasteiger partial charge in [-0.15, -0.1) is 0 Å². The Bertz CT molecular complexity index is 323. The second kappa shape index (κ2) is 8.11. The van der Waals surface area contributed by atoms with Gasteiger partial charge in [-0.05, 0) is 44.6 Å². The van der Waals surface area contributed by atoms with Crippen molar-refractivity contribution in [3.63, 3.8) is 0 Å². The van der Waals surface area contributed by atoms with Gasteiger partial charge in [0.15, 0.2) is 0 Å². The molecule has 2 rings (SSSR count). The fraction of sp³-hybridized carbons (Fsp3) is 0.938. The molecule has 2 aliphatic carbocycles. The molecule has 2 atom stereocenters. The fourth-order valence-electron chi connectivity index (χ4n) is 3.88. The summed E-state index contributed by atoms with van der Waals surface area (Å²) in [6.07, 6.45) is 5.69. The number of nitrogens with zero attached hydrogens (tertiary/aromatic N) is 1. The van der Waals surface area contributed by atoms with Crippen LogP contribution in [0.15, 0.2) is 0 Å². The number of rotatable bonds is 7. The number of amides is 1. The minimum atomic E-state index is 0.185. The van der Waals surface area contributed by atoms with Gasteiger partial charge in [-0.2, -0.15) is 0 Å². The first-order valence-corrected chi connectivity index (χ1v) is 8.32. The van der Waals surface area contributed by atoms with Gasteiger partial charge in [-0.25, -0.2) is 0 Å². The van der Waals surface area contributed by atoms with Crippen molar-refractivity contribution < 1.29 is 9.53 Å². The van der Waals surface area contributed by atoms with Crippen LogP contribution in [0.4, 0.5) is 0 Å². The SMILES string of the molecule is COCCN(C)CCNC(=O)C1CC2CCCC(C1)C2N. The predicted molar refractivity (Wildman–Crippen MR) is 83.9 cm³/mol. The van der Waals surface area contributed by atoms with Crippen molar-refractivity contribution in [2.75, 3.05) is 40.4 Å². The quantitative estimate of drug-likeness (QED) is 0.730. The van der Waals surface area contributed by atoms with Gasteiger partial charge < -0.3 is 20.7 Å². The van der Waals surface area contributed by atoms with Crippen molar-refractivity contribution in [2.45, 2.75) is 38.1 Å². The summed E-state index contributed by atoms with van der Waals surface area (Å²) in [5, 5.41) is 3.10. The lowest BCUT2D eigenvalue weighted by Crippen LogP contribution is -2.49. The monoisotopic (exact) mass is 297 g/mol. The summed E-state index contributed by atoms with van der Waals surface area (Å²) < 4.78 is 5.05. The Morgan fingerprint density at radius 1 is 1.29 bits per heavy atom. The fourth-order valence-corrected chi connectivity index (χ4v) is 3.88. The van der Waals surface area contributed by atoms with E-state index in [1.165, 1.54) is 19.3 Å². The Morgan fingerprint density at radius 2 is 1.95 bits per heavy atom. The summed E-state index contributed by atoms with van der Waals surface area (Å²) in [5.74, 6) is 1.55. The molecule has 2 bridgehead atoms. The van der Waals surface area contributed by atoms with E-state index in [1.54, 1.807) is 7.11 Å². The maximum Gasteiger partial charge on any atom is 0.223 e. The number of likely N-dealkylation sites (N-methyl/N-ethyl adjacent to an activating group) is 1. The van der Waals surface area contributed by atoms with Crippen LogP contribution in [0.1, 0.15) is 32.1 Å². The molecular formula is C16H31N3O2. The van der Waals surface area contributed by atoms with Gasteiger partial charge in [-0.1, -0.05) is 6.42 Å². The largest absolute Gasteiger partial charge is 0.383 e. The van der Waals surface area contributed by atoms with E-state index >= 15 is 0 Å². The summed E-state index contributed by atoms with van der Waals surface area (Å²) in [6.45, 7) is 3.22. The van der Waals surface area contributed by atoms with E-state index in [9.17, 15) is 4.79 Å². The maximum absolute atomic E-state index is 12.3. The molecule has 2 unspecified atom stereocenters. The molecule has 21 heavy (non-hydrogen) atoms. The maximum atomic E-state index is 12.3. The third kappa shape index (κ3) is 4.66. The van der Waals surface area contributed by atoms with E-state index in [-0.39, 0.29) is 11.8 Å². The molecular weight excluding hydrogens is 266 g/mol. The topological polar surface area (TPSA) is 67.6 Å². The number of fused-ring (bicyclic) bond motifs is 2. The van der Waals surface area contributed by atoms with Gasteiger partial charge in [0.2, 0.25) is 5.91 Å². The molecule has 3 N–H and O–H groups in total. The molecule has 0 aromatic rings. The highest BCUT2D eigenvalue weighted by Crippen LogP contribution is 2.41. The van der Waals surface area contributed by atoms with Crippen LogP contribution in [-0.2, 0) is 9.53 Å². The first-order chi connectivity index (χ1) is 10.1. The van der Waals surface area contributed by atoms with Gasteiger partial charge >= 0.3 is 0 Å². The molecule has 5 nitrogen and oxygen atoms in total. The van der Waals surface area contributed by atoms with E-state index in [2.05, 4.69) is 17.3 Å². The van der Waals surface area contributed by atoms with E-state index < -0.39 is 0 Å². The highest BCUT2D eigenvalue weighted by molar-refractivity contribution is 5.78. The lowest BCUT2D eigenvalue weighted by molar-refractivity contribution is -0.127. The van der Waals surface area contributed by atoms with Crippen LogP contribution < -0.4 is 11.1 Å². The minimum Gasteiger partial charge on any atom is -0.383 e. The minimum absolute atomic E-state index is 0.185. The Hall–Kier alpha value is -0.650. The Labute approximate surface area is 128 Å². The summed E-state index contributed by atoms with van der Waals surface area (Å²) in [7, 11) is 3.76. The van der Waals surface area contributed by atoms with Gasteiger partial charge in [0.1, 0.15) is 0 Å². The van der Waals surface area contributed by atoms with Crippen LogP contribution >= 0.6 is 0 Å². The predicted octanol–water partition coefficient (Wildman–Crippen LogP) is 0.834. The molecule has 0 saturated heterocycles. The van der Waals surface area contributed by atoms with E-state index in [0.29, 0.717) is 17.9 Å². The van der Waals surface area contributed by atoms with Crippen molar-refractivity contribution >= 4 is 5.91 Å². The molecule has 0 radical (unpaired) electrons. The molecule has 0 spiro atoms. The molecule has 0 aliphatic heterocycles. The summed E-state index contributed by atoms with van der Waals surface area (Å²) in [5.41, 5.74) is 6.28. The summed E-state index contributed by atoms with van der Waals surface area (Å²) in [4.78, 5) is 14.5. The molecule has 122 valence electrons. The lowest BCUT2D eigenvalue weighted by Gasteiger charge is -2.43. The van der Waals surface area contributed by atoms with Gasteiger partial charge in [0.05, 0.1) is 6.61 Å². The van der Waals surface area contributed by atoms with Crippen LogP contribution in [-0.4, -0.2) is 57.2 Å². The van der Waals surface area contributed by atoms with E-state index in [1.807, 2.05) is 0 Å². The zero-order valence-corrected chi connectivity index (χ0v) is 13.5. The lowest BCUT2D eigenvalue weighted by atomic mass is 9.65. The van der Waals surface area contributed by atoms with Gasteiger partial charge in [0.25, 0.3) is 0 Å². The highest BCUT2D eigenvalue weighted by atomic mass is 16.5. The number of nitrogens with two attached hydrogens (primary N) is 1. The second-order valence-electron chi connectivity index (χ2n) is 6.78. The van der Waals surface area contributed by atoms with Crippen molar-refractivity contribution in [2.24, 2.45) is 23.5 Å². The second-order valence-corrected chi connectivity index (χ2v) is 6.78. The number of carbonyl (C=O) groups excluding carboxylic acids is 1. The molecule has 5 heteroatoms. The summed E-state index contributed by atoms with van der Waals surface area (Å²) in [6, 6.07) is 0.336. The zero-order valence-electron chi connectivity index (χ0n) is 13.5. The smallest absolute Gasteiger partial charge is 0.223 e. The third-order valence-corrected chi connectivity index (χ3v) is 5.25. The Morgan fingerprint density at radius 3 is 2.57 bits per heavy atom. The molecule has 0 aromatic carbocycles. The number of carbonyl (C=O) groups is 1. The Balaban J connectivity index is 1.69. The number of methoxy groups -OCH3 is 1. The van der Waals surface area contributed by atoms with Crippen molar-refractivity contribution in [3.05, 3.63) is 0 Å². The number of ether oxygens (including phenoxy) is 1. The molecule has 2 saturated carbocycles. The van der Waals surface area contributed by atoms with Crippen LogP contribution in [0.25, 0.3) is 0 Å². The van der Waals surface area contributed by atoms with E-state index in [4.69, 9.17) is 10.5 Å². The van der Waals surface area contributed by atoms with Crippen LogP contribution in [0.3, 0.4) is 0 Å². The standard InChI is InChI=1S/C16H31N3O2/c1-19(8-9-21-2)7-6-18-16(20)14-10-12-4-3-5-13(11-14)15(12)17/h12-15H,3-11,17H2,1-2H3,(H,18,20). The van der Waals surface area contributed by atoms with Crippen molar-refractivity contribution in [1.82, 2.24) is 10.2 Å². The first kappa shape index (κ1) is 16.7. The third-order valence-electron chi connectivity index (χ3n) is 5.25. The van der Waals surface area contributed by atoms with Crippen LogP contribution in [0.5, 0.6) is 0 Å². The number of hydrogen-bond acceptors (Lipinski definition) is 4. The van der Waals surface area contributed by atoms with E-state index in [0.717, 1.165) is 39.1 Å². The first-order valence-electron chi connectivity index (χ1n) is 8.32. The highest BCUT2D eigenvalue weighted by Gasteiger charge is 2.40. The van der Waals surface area contributed by atoms with Crippen molar-refractivity contribution in [3.8, 4) is 0 Å². The Kier molecular flexibility index (Phi) is 6.45. The molecule has 2 fully saturated rings. The average Bonchev–Trinajstić information content (AvgIpc) is 2.44. The summed E-state index contributed by atoms with van der Waals surface area (Å²) >= 11 is 0. The molecule has 0 heterocycles. The van der Waals surface area contributed by atoms with Crippen LogP contribution in [0.2, 0.25) is 0 Å². The van der Waals surface area contributed by atoms with Gasteiger partial charge in [-0.3, -0.25) is 4.79 Å². The molecule has 0 aromatic heterocycles.